The van der Waals surface area contributed by atoms with Crippen molar-refractivity contribution >= 4 is 5.91 Å². The van der Waals surface area contributed by atoms with Gasteiger partial charge in [0, 0.05) is 7.05 Å². The summed E-state index contributed by atoms with van der Waals surface area (Å²) in [6, 6.07) is 8.43. The van der Waals surface area contributed by atoms with E-state index < -0.39 is 0 Å². The van der Waals surface area contributed by atoms with Gasteiger partial charge in [0.25, 0.3) is 5.91 Å². The highest BCUT2D eigenvalue weighted by atomic mass is 16.2. The lowest BCUT2D eigenvalue weighted by atomic mass is 10.1. The van der Waals surface area contributed by atoms with Gasteiger partial charge in [0.2, 0.25) is 0 Å². The van der Waals surface area contributed by atoms with E-state index in [1.807, 2.05) is 19.2 Å². The molecule has 5 nitrogen and oxygen atoms in total. The van der Waals surface area contributed by atoms with Gasteiger partial charge in [-0.1, -0.05) is 24.3 Å². The Morgan fingerprint density at radius 3 is 3.06 bits per heavy atom. The Bertz CT molecular complexity index is 564. The van der Waals surface area contributed by atoms with Gasteiger partial charge in [-0.2, -0.15) is 15.4 Å². The molecular weight excluding hydrogens is 228 g/mol. The van der Waals surface area contributed by atoms with Crippen molar-refractivity contribution in [3.05, 3.63) is 47.3 Å². The molecule has 5 heteroatoms. The largest absolute Gasteiger partial charge is 0.333 e. The molecule has 1 atom stereocenters. The third-order valence-electron chi connectivity index (χ3n) is 3.52. The quantitative estimate of drug-likeness (QED) is 0.869. The van der Waals surface area contributed by atoms with Gasteiger partial charge in [0.1, 0.15) is 0 Å². The van der Waals surface area contributed by atoms with Crippen molar-refractivity contribution < 1.29 is 4.79 Å². The van der Waals surface area contributed by atoms with Crippen LogP contribution in [0.25, 0.3) is 0 Å². The molecule has 1 amide bonds. The zero-order valence-electron chi connectivity index (χ0n) is 10.1. The molecule has 0 bridgehead atoms. The van der Waals surface area contributed by atoms with Crippen LogP contribution in [0.1, 0.15) is 34.1 Å². The Kier molecular flexibility index (Phi) is 2.59. The summed E-state index contributed by atoms with van der Waals surface area (Å²) in [6.45, 7) is 0. The number of carbonyl (C=O) groups is 1. The van der Waals surface area contributed by atoms with Crippen molar-refractivity contribution in [2.75, 3.05) is 7.05 Å². The molecule has 1 heterocycles. The van der Waals surface area contributed by atoms with Gasteiger partial charge < -0.3 is 4.90 Å². The highest BCUT2D eigenvalue weighted by Gasteiger charge is 2.29. The normalized spacial score (nSPS) is 17.5. The molecule has 0 aliphatic heterocycles. The van der Waals surface area contributed by atoms with Gasteiger partial charge in [0.15, 0.2) is 5.69 Å². The lowest BCUT2D eigenvalue weighted by molar-refractivity contribution is 0.0724. The van der Waals surface area contributed by atoms with Crippen molar-refractivity contribution in [3.63, 3.8) is 0 Å². The van der Waals surface area contributed by atoms with Crippen LogP contribution in [0.3, 0.4) is 0 Å². The number of nitrogens with one attached hydrogen (secondary N) is 1. The number of hydrogen-bond donors (Lipinski definition) is 1. The van der Waals surface area contributed by atoms with Crippen molar-refractivity contribution in [1.82, 2.24) is 20.3 Å². The van der Waals surface area contributed by atoms with Crippen LogP contribution in [0, 0.1) is 0 Å². The summed E-state index contributed by atoms with van der Waals surface area (Å²) in [5.41, 5.74) is 2.95. The number of nitrogens with zero attached hydrogens (tertiary/aromatic N) is 3. The van der Waals surface area contributed by atoms with Gasteiger partial charge in [0.05, 0.1) is 12.2 Å². The fourth-order valence-electron chi connectivity index (χ4n) is 2.56. The molecule has 1 unspecified atom stereocenters. The van der Waals surface area contributed by atoms with E-state index in [1.54, 1.807) is 4.90 Å². The fourth-order valence-corrected chi connectivity index (χ4v) is 2.56. The van der Waals surface area contributed by atoms with Gasteiger partial charge in [-0.25, -0.2) is 0 Å². The second-order valence-corrected chi connectivity index (χ2v) is 4.52. The first-order valence-corrected chi connectivity index (χ1v) is 5.98. The van der Waals surface area contributed by atoms with Crippen LogP contribution in [0.15, 0.2) is 30.5 Å². The van der Waals surface area contributed by atoms with E-state index in [-0.39, 0.29) is 11.9 Å². The molecule has 0 spiro atoms. The fraction of sp³-hybridized carbons (Fsp3) is 0.308. The van der Waals surface area contributed by atoms with Crippen LogP contribution < -0.4 is 0 Å². The smallest absolute Gasteiger partial charge is 0.276 e. The minimum Gasteiger partial charge on any atom is -0.333 e. The topological polar surface area (TPSA) is 61.9 Å². The number of H-pyrrole nitrogens is 1. The van der Waals surface area contributed by atoms with Gasteiger partial charge in [-0.05, 0) is 24.0 Å². The second-order valence-electron chi connectivity index (χ2n) is 4.52. The van der Waals surface area contributed by atoms with Crippen LogP contribution in [0.4, 0.5) is 0 Å². The summed E-state index contributed by atoms with van der Waals surface area (Å²) >= 11 is 0. The minimum absolute atomic E-state index is 0.0922. The average molecular weight is 242 g/mol. The van der Waals surface area contributed by atoms with Gasteiger partial charge in [-0.3, -0.25) is 4.79 Å². The number of fused-ring (bicyclic) bond motifs is 1. The first-order chi connectivity index (χ1) is 8.77. The third kappa shape index (κ3) is 1.68. The Morgan fingerprint density at radius 1 is 1.44 bits per heavy atom. The minimum atomic E-state index is -0.0922. The molecule has 1 N–H and O–H groups in total. The van der Waals surface area contributed by atoms with E-state index in [1.165, 1.54) is 17.3 Å². The zero-order chi connectivity index (χ0) is 12.5. The lowest BCUT2D eigenvalue weighted by Crippen LogP contribution is -2.30. The average Bonchev–Trinajstić information content (AvgIpc) is 3.06. The molecule has 18 heavy (non-hydrogen) atoms. The van der Waals surface area contributed by atoms with Crippen LogP contribution in [-0.2, 0) is 6.42 Å². The standard InChI is InChI=1S/C13H14N4O/c1-17(13(18)11-8-14-16-15-11)12-7-6-9-4-2-3-5-10(9)12/h2-5,8,12H,6-7H2,1H3,(H,14,15,16). The monoisotopic (exact) mass is 242 g/mol. The summed E-state index contributed by atoms with van der Waals surface area (Å²) in [5, 5.41) is 9.98. The Balaban J connectivity index is 1.87. The van der Waals surface area contributed by atoms with Crippen LogP contribution >= 0.6 is 0 Å². The highest BCUT2D eigenvalue weighted by Crippen LogP contribution is 2.35. The molecule has 0 radical (unpaired) electrons. The number of aromatic nitrogens is 3. The molecule has 2 aromatic rings. The van der Waals surface area contributed by atoms with Crippen molar-refractivity contribution in [2.45, 2.75) is 18.9 Å². The van der Waals surface area contributed by atoms with E-state index in [4.69, 9.17) is 0 Å². The van der Waals surface area contributed by atoms with E-state index in [2.05, 4.69) is 27.5 Å². The predicted octanol–water partition coefficient (Wildman–Crippen LogP) is 1.56. The van der Waals surface area contributed by atoms with Crippen LogP contribution in [-0.4, -0.2) is 33.3 Å². The number of aryl methyl sites for hydroxylation is 1. The van der Waals surface area contributed by atoms with E-state index in [0.717, 1.165) is 12.8 Å². The Labute approximate surface area is 105 Å². The Morgan fingerprint density at radius 2 is 2.28 bits per heavy atom. The summed E-state index contributed by atoms with van der Waals surface area (Å²) in [5.74, 6) is -0.0922. The molecule has 1 aliphatic rings. The summed E-state index contributed by atoms with van der Waals surface area (Å²) in [7, 11) is 1.82. The molecule has 3 rings (SSSR count). The molecule has 0 fully saturated rings. The number of hydrogen-bond acceptors (Lipinski definition) is 3. The number of aromatic amines is 1. The predicted molar refractivity (Wildman–Crippen MR) is 66.0 cm³/mol. The van der Waals surface area contributed by atoms with E-state index in [0.29, 0.717) is 5.69 Å². The number of amides is 1. The lowest BCUT2D eigenvalue weighted by Gasteiger charge is -2.24. The molecular formula is C13H14N4O. The van der Waals surface area contributed by atoms with Crippen LogP contribution in [0.2, 0.25) is 0 Å². The summed E-state index contributed by atoms with van der Waals surface area (Å²) in [4.78, 5) is 14.0. The molecule has 1 aromatic carbocycles. The maximum atomic E-state index is 12.2. The van der Waals surface area contributed by atoms with Gasteiger partial charge in [-0.15, -0.1) is 0 Å². The van der Waals surface area contributed by atoms with Crippen LogP contribution in [0.5, 0.6) is 0 Å². The number of carbonyl (C=O) groups excluding carboxylic acids is 1. The van der Waals surface area contributed by atoms with Crippen molar-refractivity contribution in [1.29, 1.82) is 0 Å². The first-order valence-electron chi connectivity index (χ1n) is 5.98. The third-order valence-corrected chi connectivity index (χ3v) is 3.52. The number of rotatable bonds is 2. The molecule has 1 aromatic heterocycles. The molecule has 1 aliphatic carbocycles. The Hall–Kier alpha value is -2.17. The second kappa shape index (κ2) is 4.25. The molecule has 0 saturated heterocycles. The highest BCUT2D eigenvalue weighted by molar-refractivity contribution is 5.92. The number of benzene rings is 1. The summed E-state index contributed by atoms with van der Waals surface area (Å²) in [6.07, 6.45) is 3.45. The zero-order valence-corrected chi connectivity index (χ0v) is 10.1. The summed E-state index contributed by atoms with van der Waals surface area (Å²) < 4.78 is 0. The van der Waals surface area contributed by atoms with Gasteiger partial charge >= 0.3 is 0 Å². The maximum absolute atomic E-state index is 12.2. The first kappa shape index (κ1) is 11.0. The molecule has 0 saturated carbocycles. The van der Waals surface area contributed by atoms with E-state index in [9.17, 15) is 4.79 Å². The van der Waals surface area contributed by atoms with Crippen molar-refractivity contribution in [2.24, 2.45) is 0 Å². The van der Waals surface area contributed by atoms with Crippen molar-refractivity contribution in [3.8, 4) is 0 Å². The maximum Gasteiger partial charge on any atom is 0.276 e. The molecule has 92 valence electrons. The SMILES string of the molecule is CN(C(=O)c1cn[nH]n1)C1CCc2ccccc21. The van der Waals surface area contributed by atoms with E-state index >= 15 is 0 Å².